The fourth-order valence-corrected chi connectivity index (χ4v) is 6.02. The molecule has 1 N–H and O–H groups in total. The Kier molecular flexibility index (Phi) is 1.96. The molecule has 2 aromatic heterocycles. The summed E-state index contributed by atoms with van der Waals surface area (Å²) in [4.78, 5) is 13.4. The maximum atomic E-state index is 5.12. The summed E-state index contributed by atoms with van der Waals surface area (Å²) in [5.74, 6) is 4.05. The summed E-state index contributed by atoms with van der Waals surface area (Å²) in [6, 6.07) is 8.35. The molecule has 4 fully saturated rings. The Morgan fingerprint density at radius 3 is 2.73 bits per heavy atom. The molecule has 3 nitrogen and oxygen atoms in total. The van der Waals surface area contributed by atoms with Crippen molar-refractivity contribution in [1.29, 1.82) is 0 Å². The molecule has 0 radical (unpaired) electrons. The summed E-state index contributed by atoms with van der Waals surface area (Å²) >= 11 is 0. The van der Waals surface area contributed by atoms with E-state index in [1.165, 1.54) is 43.3 Å². The second-order valence-corrected chi connectivity index (χ2v) is 7.82. The monoisotopic (exact) mass is 289 g/mol. The Labute approximate surface area is 129 Å². The summed E-state index contributed by atoms with van der Waals surface area (Å²) in [6.07, 6.45) is 9.03. The van der Waals surface area contributed by atoms with E-state index in [2.05, 4.69) is 28.2 Å². The van der Waals surface area contributed by atoms with Gasteiger partial charge in [-0.15, -0.1) is 0 Å². The van der Waals surface area contributed by atoms with Crippen LogP contribution >= 0.6 is 0 Å². The van der Waals surface area contributed by atoms with Gasteiger partial charge in [0.25, 0.3) is 0 Å². The fourth-order valence-electron chi connectivity index (χ4n) is 6.02. The maximum absolute atomic E-state index is 5.12. The van der Waals surface area contributed by atoms with Gasteiger partial charge in [0.1, 0.15) is 5.82 Å². The molecule has 0 unspecified atom stereocenters. The molecule has 0 amide bonds. The first-order valence-electron chi connectivity index (χ1n) is 8.56. The molecule has 2 atom stereocenters. The summed E-state index contributed by atoms with van der Waals surface area (Å²) in [5, 5.41) is 1.18. The predicted octanol–water partition coefficient (Wildman–Crippen LogP) is 4.19. The molecule has 3 heteroatoms. The fraction of sp³-hybridized carbons (Fsp3) is 0.474. The highest BCUT2D eigenvalue weighted by molar-refractivity contribution is 6.01. The highest BCUT2D eigenvalue weighted by Gasteiger charge is 2.59. The van der Waals surface area contributed by atoms with Crippen LogP contribution in [0.25, 0.3) is 21.9 Å². The summed E-state index contributed by atoms with van der Waals surface area (Å²) in [5.41, 5.74) is 3.62. The Morgan fingerprint density at radius 2 is 1.86 bits per heavy atom. The van der Waals surface area contributed by atoms with Crippen LogP contribution < -0.4 is 0 Å². The van der Waals surface area contributed by atoms with Gasteiger partial charge >= 0.3 is 0 Å². The van der Waals surface area contributed by atoms with Crippen molar-refractivity contribution in [2.75, 3.05) is 0 Å². The SMILES string of the molecule is c1ccc2c(c1)ncc1[nH]c(C34C[C@@H]5CC3C[C@H](C5)C4)nc12. The van der Waals surface area contributed by atoms with E-state index in [0.29, 0.717) is 5.41 Å². The quantitative estimate of drug-likeness (QED) is 0.730. The number of rotatable bonds is 1. The molecule has 7 rings (SSSR count). The molecule has 4 bridgehead atoms. The van der Waals surface area contributed by atoms with Crippen molar-refractivity contribution in [3.05, 3.63) is 36.3 Å². The summed E-state index contributed by atoms with van der Waals surface area (Å²) in [7, 11) is 0. The van der Waals surface area contributed by atoms with Crippen LogP contribution in [0.3, 0.4) is 0 Å². The van der Waals surface area contributed by atoms with Crippen molar-refractivity contribution >= 4 is 21.9 Å². The third-order valence-electron chi connectivity index (χ3n) is 6.69. The minimum atomic E-state index is 0.355. The first kappa shape index (κ1) is 11.6. The van der Waals surface area contributed by atoms with E-state index >= 15 is 0 Å². The first-order valence-corrected chi connectivity index (χ1v) is 8.56. The molecular formula is C19H19N3. The second-order valence-electron chi connectivity index (χ2n) is 7.82. The Bertz CT molecular complexity index is 895. The van der Waals surface area contributed by atoms with E-state index in [1.807, 2.05) is 12.3 Å². The molecule has 0 saturated heterocycles. The molecule has 4 saturated carbocycles. The number of imidazole rings is 1. The Morgan fingerprint density at radius 1 is 1.05 bits per heavy atom. The van der Waals surface area contributed by atoms with E-state index in [9.17, 15) is 0 Å². The molecule has 3 aromatic rings. The zero-order valence-corrected chi connectivity index (χ0v) is 12.5. The number of fused-ring (bicyclic) bond motifs is 3. The largest absolute Gasteiger partial charge is 0.340 e. The molecular weight excluding hydrogens is 270 g/mol. The van der Waals surface area contributed by atoms with Crippen LogP contribution in [0.1, 0.15) is 37.9 Å². The first-order chi connectivity index (χ1) is 10.8. The molecule has 22 heavy (non-hydrogen) atoms. The van der Waals surface area contributed by atoms with Gasteiger partial charge in [-0.2, -0.15) is 0 Å². The van der Waals surface area contributed by atoms with E-state index in [4.69, 9.17) is 4.98 Å². The van der Waals surface area contributed by atoms with Crippen LogP contribution in [0, 0.1) is 17.8 Å². The van der Waals surface area contributed by atoms with Crippen LogP contribution in [0.4, 0.5) is 0 Å². The highest BCUT2D eigenvalue weighted by Crippen LogP contribution is 2.65. The average molecular weight is 289 g/mol. The van der Waals surface area contributed by atoms with Gasteiger partial charge in [0.05, 0.1) is 22.7 Å². The van der Waals surface area contributed by atoms with Crippen LogP contribution in [0.2, 0.25) is 0 Å². The van der Waals surface area contributed by atoms with Crippen LogP contribution in [-0.2, 0) is 5.41 Å². The minimum Gasteiger partial charge on any atom is -0.340 e. The van der Waals surface area contributed by atoms with Crippen molar-refractivity contribution in [2.45, 2.75) is 37.5 Å². The molecule has 4 aliphatic carbocycles. The topological polar surface area (TPSA) is 41.6 Å². The van der Waals surface area contributed by atoms with Crippen LogP contribution in [0.5, 0.6) is 0 Å². The molecule has 1 aromatic carbocycles. The normalized spacial score (nSPS) is 35.9. The predicted molar refractivity (Wildman–Crippen MR) is 86.6 cm³/mol. The zero-order valence-electron chi connectivity index (χ0n) is 12.5. The van der Waals surface area contributed by atoms with Gasteiger partial charge in [0, 0.05) is 10.8 Å². The van der Waals surface area contributed by atoms with Crippen molar-refractivity contribution < 1.29 is 0 Å². The number of para-hydroxylation sites is 1. The number of H-pyrrole nitrogens is 1. The highest BCUT2D eigenvalue weighted by atomic mass is 15.0. The number of hydrogen-bond donors (Lipinski definition) is 1. The van der Waals surface area contributed by atoms with Crippen LogP contribution in [0.15, 0.2) is 30.5 Å². The Balaban J connectivity index is 1.60. The number of hydrogen-bond acceptors (Lipinski definition) is 2. The number of aromatic amines is 1. The number of nitrogens with zero attached hydrogens (tertiary/aromatic N) is 2. The second kappa shape index (κ2) is 3.70. The van der Waals surface area contributed by atoms with Crippen molar-refractivity contribution in [3.63, 3.8) is 0 Å². The number of pyridine rings is 1. The zero-order chi connectivity index (χ0) is 14.3. The van der Waals surface area contributed by atoms with E-state index in [0.717, 1.165) is 34.3 Å². The lowest BCUT2D eigenvalue weighted by atomic mass is 9.75. The third-order valence-corrected chi connectivity index (χ3v) is 6.69. The number of aromatic nitrogens is 3. The number of benzene rings is 1. The maximum Gasteiger partial charge on any atom is 0.113 e. The molecule has 2 heterocycles. The van der Waals surface area contributed by atoms with Gasteiger partial charge in [-0.25, -0.2) is 4.98 Å². The minimum absolute atomic E-state index is 0.355. The molecule has 4 aliphatic rings. The van der Waals surface area contributed by atoms with Gasteiger partial charge in [-0.05, 0) is 55.9 Å². The third kappa shape index (κ3) is 1.29. The van der Waals surface area contributed by atoms with E-state index < -0.39 is 0 Å². The summed E-state index contributed by atoms with van der Waals surface area (Å²) < 4.78 is 0. The molecule has 0 aliphatic heterocycles. The molecule has 110 valence electrons. The standard InChI is InChI=1S/C19H19N3/c1-2-4-15-14(3-1)17-16(10-20-15)21-18(22-17)19-8-11-5-12(9-19)7-13(19)6-11/h1-4,10-13H,5-9H2,(H,21,22)/t11-,12-,13?,19?/m0/s1. The van der Waals surface area contributed by atoms with Gasteiger partial charge in [-0.3, -0.25) is 4.98 Å². The lowest BCUT2D eigenvalue weighted by molar-refractivity contribution is 0.262. The van der Waals surface area contributed by atoms with Crippen LogP contribution in [-0.4, -0.2) is 15.0 Å². The lowest BCUT2D eigenvalue weighted by Crippen LogP contribution is -2.29. The van der Waals surface area contributed by atoms with E-state index in [1.54, 1.807) is 0 Å². The van der Waals surface area contributed by atoms with Crippen molar-refractivity contribution in [1.82, 2.24) is 15.0 Å². The average Bonchev–Trinajstić information content (AvgIpc) is 3.15. The Hall–Kier alpha value is -1.90. The lowest BCUT2D eigenvalue weighted by Gasteiger charge is -2.30. The molecule has 0 spiro atoms. The van der Waals surface area contributed by atoms with Gasteiger partial charge in [-0.1, -0.05) is 18.2 Å². The van der Waals surface area contributed by atoms with Gasteiger partial charge in [0.15, 0.2) is 0 Å². The van der Waals surface area contributed by atoms with Crippen molar-refractivity contribution in [3.8, 4) is 0 Å². The smallest absolute Gasteiger partial charge is 0.113 e. The van der Waals surface area contributed by atoms with Gasteiger partial charge < -0.3 is 4.98 Å². The van der Waals surface area contributed by atoms with Crippen molar-refractivity contribution in [2.24, 2.45) is 17.8 Å². The summed E-state index contributed by atoms with van der Waals surface area (Å²) in [6.45, 7) is 0. The number of nitrogens with one attached hydrogen (secondary N) is 1. The van der Waals surface area contributed by atoms with Gasteiger partial charge in [0.2, 0.25) is 0 Å². The van der Waals surface area contributed by atoms with E-state index in [-0.39, 0.29) is 0 Å².